The number of aryl methyl sites for hydroxylation is 1. The van der Waals surface area contributed by atoms with E-state index in [1.54, 1.807) is 13.1 Å². The van der Waals surface area contributed by atoms with Gasteiger partial charge >= 0.3 is 6.03 Å². The number of barbiturate groups is 1. The number of rotatable bonds is 2. The van der Waals surface area contributed by atoms with Crippen molar-refractivity contribution in [1.82, 2.24) is 20.2 Å². The van der Waals surface area contributed by atoms with Gasteiger partial charge in [-0.05, 0) is 19.8 Å². The van der Waals surface area contributed by atoms with Gasteiger partial charge < -0.3 is 0 Å². The summed E-state index contributed by atoms with van der Waals surface area (Å²) < 4.78 is 0. The molecule has 7 heteroatoms. The number of hydrogen-bond acceptors (Lipinski definition) is 5. The molecule has 1 aliphatic carbocycles. The standard InChI is InChI=1S/C12H12N4O3/c1-7-4-14-8(5-13-7)6-16-10(18)12(2-3-12)9(17)15-11(16)19/h4-5H,2-3,6H2,1H3,(H,15,17,19). The van der Waals surface area contributed by atoms with Crippen molar-refractivity contribution >= 4 is 17.8 Å². The molecule has 0 radical (unpaired) electrons. The second kappa shape index (κ2) is 3.84. The lowest BCUT2D eigenvalue weighted by Gasteiger charge is -2.29. The van der Waals surface area contributed by atoms with Crippen LogP contribution in [0.4, 0.5) is 4.79 Å². The number of hydrogen-bond donors (Lipinski definition) is 1. The van der Waals surface area contributed by atoms with Gasteiger partial charge in [-0.3, -0.25) is 29.8 Å². The minimum Gasteiger partial charge on any atom is -0.277 e. The molecule has 19 heavy (non-hydrogen) atoms. The summed E-state index contributed by atoms with van der Waals surface area (Å²) >= 11 is 0. The summed E-state index contributed by atoms with van der Waals surface area (Å²) in [6, 6.07) is -0.685. The Morgan fingerprint density at radius 3 is 2.58 bits per heavy atom. The SMILES string of the molecule is Cc1cnc(CN2C(=O)NC(=O)C3(CC3)C2=O)cn1. The summed E-state index contributed by atoms with van der Waals surface area (Å²) in [5.74, 6) is -0.905. The molecule has 2 heterocycles. The van der Waals surface area contributed by atoms with E-state index in [4.69, 9.17) is 0 Å². The van der Waals surface area contributed by atoms with Gasteiger partial charge in [0, 0.05) is 6.20 Å². The molecule has 1 aliphatic heterocycles. The van der Waals surface area contributed by atoms with Crippen molar-refractivity contribution in [3.8, 4) is 0 Å². The Labute approximate surface area is 109 Å². The van der Waals surface area contributed by atoms with Gasteiger partial charge in [-0.15, -0.1) is 0 Å². The topological polar surface area (TPSA) is 92.3 Å². The first-order valence-electron chi connectivity index (χ1n) is 5.98. The molecule has 1 N–H and O–H groups in total. The van der Waals surface area contributed by atoms with Crippen LogP contribution >= 0.6 is 0 Å². The molecule has 1 aromatic heterocycles. The summed E-state index contributed by atoms with van der Waals surface area (Å²) in [6.45, 7) is 1.83. The molecule has 0 unspecified atom stereocenters. The molecule has 0 bridgehead atoms. The second-order valence-electron chi connectivity index (χ2n) is 4.88. The molecule has 3 rings (SSSR count). The molecule has 2 fully saturated rings. The smallest absolute Gasteiger partial charge is 0.277 e. The normalized spacial score (nSPS) is 20.7. The molecular formula is C12H12N4O3. The third-order valence-electron chi connectivity index (χ3n) is 3.46. The first-order chi connectivity index (χ1) is 9.03. The fourth-order valence-corrected chi connectivity index (χ4v) is 2.10. The van der Waals surface area contributed by atoms with Crippen molar-refractivity contribution in [1.29, 1.82) is 0 Å². The van der Waals surface area contributed by atoms with Crippen LogP contribution in [0.1, 0.15) is 24.2 Å². The maximum Gasteiger partial charge on any atom is 0.331 e. The number of imide groups is 2. The molecule has 2 aliphatic rings. The van der Waals surface area contributed by atoms with E-state index >= 15 is 0 Å². The number of urea groups is 1. The fraction of sp³-hybridized carbons (Fsp3) is 0.417. The summed E-state index contributed by atoms with van der Waals surface area (Å²) in [4.78, 5) is 44.8. The van der Waals surface area contributed by atoms with E-state index in [0.717, 1.165) is 10.6 Å². The maximum absolute atomic E-state index is 12.2. The minimum absolute atomic E-state index is 0.0347. The van der Waals surface area contributed by atoms with Crippen LogP contribution in [0.3, 0.4) is 0 Å². The Bertz CT molecular complexity index is 577. The fourth-order valence-electron chi connectivity index (χ4n) is 2.10. The first-order valence-corrected chi connectivity index (χ1v) is 5.98. The van der Waals surface area contributed by atoms with E-state index in [-0.39, 0.29) is 6.54 Å². The van der Waals surface area contributed by atoms with Crippen LogP contribution < -0.4 is 5.32 Å². The monoisotopic (exact) mass is 260 g/mol. The number of amides is 4. The van der Waals surface area contributed by atoms with Gasteiger partial charge in [-0.2, -0.15) is 0 Å². The molecule has 1 spiro atoms. The van der Waals surface area contributed by atoms with E-state index in [1.165, 1.54) is 6.20 Å². The third kappa shape index (κ3) is 1.78. The number of aromatic nitrogens is 2. The van der Waals surface area contributed by atoms with Crippen molar-refractivity contribution in [2.24, 2.45) is 5.41 Å². The molecule has 4 amide bonds. The quantitative estimate of drug-likeness (QED) is 0.764. The lowest BCUT2D eigenvalue weighted by atomic mass is 10.0. The highest BCUT2D eigenvalue weighted by atomic mass is 16.2. The van der Waals surface area contributed by atoms with Crippen LogP contribution in [0.2, 0.25) is 0 Å². The van der Waals surface area contributed by atoms with Crippen LogP contribution in [0.5, 0.6) is 0 Å². The second-order valence-corrected chi connectivity index (χ2v) is 4.88. The van der Waals surface area contributed by atoms with Crippen LogP contribution in [-0.4, -0.2) is 32.7 Å². The zero-order valence-electron chi connectivity index (χ0n) is 10.3. The predicted molar refractivity (Wildman–Crippen MR) is 62.5 cm³/mol. The molecule has 1 aromatic rings. The van der Waals surface area contributed by atoms with E-state index in [0.29, 0.717) is 18.5 Å². The first kappa shape index (κ1) is 11.8. The molecule has 0 aromatic carbocycles. The Morgan fingerprint density at radius 1 is 1.26 bits per heavy atom. The average molecular weight is 260 g/mol. The van der Waals surface area contributed by atoms with E-state index < -0.39 is 23.3 Å². The summed E-state index contributed by atoms with van der Waals surface area (Å²) in [6.07, 6.45) is 4.09. The van der Waals surface area contributed by atoms with Crippen LogP contribution in [0.25, 0.3) is 0 Å². The van der Waals surface area contributed by atoms with E-state index in [1.807, 2.05) is 0 Å². The Balaban J connectivity index is 1.83. The number of nitrogens with zero attached hydrogens (tertiary/aromatic N) is 3. The average Bonchev–Trinajstić information content (AvgIpc) is 3.17. The lowest BCUT2D eigenvalue weighted by molar-refractivity contribution is -0.145. The van der Waals surface area contributed by atoms with Crippen LogP contribution in [0, 0.1) is 12.3 Å². The zero-order chi connectivity index (χ0) is 13.6. The van der Waals surface area contributed by atoms with Gasteiger partial charge in [0.1, 0.15) is 5.41 Å². The largest absolute Gasteiger partial charge is 0.331 e. The van der Waals surface area contributed by atoms with Gasteiger partial charge in [0.25, 0.3) is 0 Å². The highest BCUT2D eigenvalue weighted by molar-refractivity contribution is 6.20. The summed E-state index contributed by atoms with van der Waals surface area (Å²) in [7, 11) is 0. The van der Waals surface area contributed by atoms with Gasteiger partial charge in [0.05, 0.1) is 24.1 Å². The number of carbonyl (C=O) groups excluding carboxylic acids is 3. The maximum atomic E-state index is 12.2. The highest BCUT2D eigenvalue weighted by Gasteiger charge is 2.62. The van der Waals surface area contributed by atoms with Gasteiger partial charge in [-0.25, -0.2) is 4.79 Å². The van der Waals surface area contributed by atoms with Gasteiger partial charge in [0.2, 0.25) is 11.8 Å². The minimum atomic E-state index is -1.01. The van der Waals surface area contributed by atoms with E-state index in [9.17, 15) is 14.4 Å². The van der Waals surface area contributed by atoms with Crippen molar-refractivity contribution < 1.29 is 14.4 Å². The zero-order valence-corrected chi connectivity index (χ0v) is 10.3. The Hall–Kier alpha value is -2.31. The van der Waals surface area contributed by atoms with Crippen LogP contribution in [-0.2, 0) is 16.1 Å². The van der Waals surface area contributed by atoms with Crippen molar-refractivity contribution in [3.63, 3.8) is 0 Å². The summed E-state index contributed by atoms with van der Waals surface area (Å²) in [5, 5.41) is 2.22. The number of nitrogens with one attached hydrogen (secondary N) is 1. The van der Waals surface area contributed by atoms with Crippen molar-refractivity contribution in [2.45, 2.75) is 26.3 Å². The summed E-state index contributed by atoms with van der Waals surface area (Å²) in [5.41, 5.74) is 0.262. The lowest BCUT2D eigenvalue weighted by Crippen LogP contribution is -2.58. The van der Waals surface area contributed by atoms with Crippen molar-refractivity contribution in [2.75, 3.05) is 0 Å². The van der Waals surface area contributed by atoms with Gasteiger partial charge in [0.15, 0.2) is 0 Å². The Kier molecular flexibility index (Phi) is 2.38. The predicted octanol–water partition coefficient (Wildman–Crippen LogP) is 0.144. The van der Waals surface area contributed by atoms with Gasteiger partial charge in [-0.1, -0.05) is 0 Å². The molecule has 1 saturated heterocycles. The molecule has 7 nitrogen and oxygen atoms in total. The molecule has 0 atom stereocenters. The highest BCUT2D eigenvalue weighted by Crippen LogP contribution is 2.49. The molecule has 1 saturated carbocycles. The molecular weight excluding hydrogens is 248 g/mol. The Morgan fingerprint density at radius 2 is 2.00 bits per heavy atom. The van der Waals surface area contributed by atoms with Crippen LogP contribution in [0.15, 0.2) is 12.4 Å². The number of carbonyl (C=O) groups is 3. The third-order valence-corrected chi connectivity index (χ3v) is 3.46. The van der Waals surface area contributed by atoms with E-state index in [2.05, 4.69) is 15.3 Å². The molecule has 98 valence electrons. The van der Waals surface area contributed by atoms with Crippen molar-refractivity contribution in [3.05, 3.63) is 23.8 Å².